The van der Waals surface area contributed by atoms with E-state index in [2.05, 4.69) is 0 Å². The number of ether oxygens (including phenoxy) is 1. The van der Waals surface area contributed by atoms with Gasteiger partial charge >= 0.3 is 0 Å². The number of anilines is 2. The Morgan fingerprint density at radius 3 is 2.33 bits per heavy atom. The number of aliphatic hydroxyl groups excluding tert-OH is 1. The minimum atomic E-state index is -0.944. The number of para-hydroxylation sites is 1. The molecule has 4 heterocycles. The average molecular weight is 588 g/mol. The molecule has 4 aliphatic heterocycles. The van der Waals surface area contributed by atoms with Gasteiger partial charge in [-0.25, -0.2) is 0 Å². The third-order valence-corrected chi connectivity index (χ3v) is 10.7. The maximum atomic E-state index is 14.6. The van der Waals surface area contributed by atoms with Crippen LogP contribution in [-0.2, 0) is 14.4 Å². The van der Waals surface area contributed by atoms with E-state index in [1.807, 2.05) is 87.5 Å². The van der Waals surface area contributed by atoms with Gasteiger partial charge in [-0.05, 0) is 63.1 Å². The predicted molar refractivity (Wildman–Crippen MR) is 165 cm³/mol. The van der Waals surface area contributed by atoms with Crippen LogP contribution in [0.5, 0.6) is 5.75 Å². The standard InChI is InChI=1S/C33H37N3O5S/c1-5-41-24-14-12-23(13-15-24)34-17-7-11-25-26(30(34)38)27-31(39)36(22(4)19-37)29-32(40)35(18-8-16-33(27,29)42-25)28-20(2)9-6-10-21(28)3/h6-16,22,25-27,29,37H,5,17-19H2,1-4H3/t22-,25-,26+,27+,29?,33+/m1/s1. The van der Waals surface area contributed by atoms with Gasteiger partial charge in [0.2, 0.25) is 11.8 Å². The Morgan fingerprint density at radius 1 is 0.976 bits per heavy atom. The smallest absolute Gasteiger partial charge is 0.251 e. The van der Waals surface area contributed by atoms with Crippen LogP contribution in [0, 0.1) is 25.7 Å². The number of nitrogens with zero attached hydrogens (tertiary/aromatic N) is 3. The topological polar surface area (TPSA) is 90.4 Å². The summed E-state index contributed by atoms with van der Waals surface area (Å²) in [6.45, 7) is 8.68. The molecule has 0 aromatic heterocycles. The van der Waals surface area contributed by atoms with Crippen LogP contribution in [0.3, 0.4) is 0 Å². The Balaban J connectivity index is 1.43. The van der Waals surface area contributed by atoms with Gasteiger partial charge in [0.1, 0.15) is 11.8 Å². The van der Waals surface area contributed by atoms with Crippen molar-refractivity contribution >= 4 is 40.9 Å². The van der Waals surface area contributed by atoms with Crippen molar-refractivity contribution in [3.8, 4) is 5.75 Å². The van der Waals surface area contributed by atoms with Crippen molar-refractivity contribution < 1.29 is 24.2 Å². The fourth-order valence-electron chi connectivity index (χ4n) is 7.19. The van der Waals surface area contributed by atoms with Crippen LogP contribution in [0.15, 0.2) is 66.8 Å². The van der Waals surface area contributed by atoms with E-state index in [1.165, 1.54) is 0 Å². The van der Waals surface area contributed by atoms with Crippen LogP contribution in [0.25, 0.3) is 0 Å². The summed E-state index contributed by atoms with van der Waals surface area (Å²) >= 11 is 1.55. The van der Waals surface area contributed by atoms with E-state index < -0.39 is 28.7 Å². The molecule has 42 heavy (non-hydrogen) atoms. The molecule has 220 valence electrons. The summed E-state index contributed by atoms with van der Waals surface area (Å²) in [6.07, 6.45) is 8.01. The van der Waals surface area contributed by atoms with Crippen molar-refractivity contribution in [1.29, 1.82) is 0 Å². The van der Waals surface area contributed by atoms with E-state index in [9.17, 15) is 19.5 Å². The summed E-state index contributed by atoms with van der Waals surface area (Å²) in [6, 6.07) is 11.9. The molecule has 1 unspecified atom stereocenters. The number of carbonyl (C=O) groups excluding carboxylic acids is 3. The molecule has 0 radical (unpaired) electrons. The summed E-state index contributed by atoms with van der Waals surface area (Å²) in [5, 5.41) is 9.97. The van der Waals surface area contributed by atoms with Crippen molar-refractivity contribution in [1.82, 2.24) is 4.90 Å². The normalized spacial score (nSPS) is 29.3. The predicted octanol–water partition coefficient (Wildman–Crippen LogP) is 3.89. The zero-order valence-corrected chi connectivity index (χ0v) is 25.2. The highest BCUT2D eigenvalue weighted by molar-refractivity contribution is 8.02. The van der Waals surface area contributed by atoms with Crippen LogP contribution in [0.1, 0.15) is 25.0 Å². The Kier molecular flexibility index (Phi) is 7.43. The lowest BCUT2D eigenvalue weighted by Crippen LogP contribution is -2.56. The Bertz CT molecular complexity index is 1450. The molecule has 6 rings (SSSR count). The minimum absolute atomic E-state index is 0.133. The van der Waals surface area contributed by atoms with E-state index in [0.29, 0.717) is 19.7 Å². The van der Waals surface area contributed by atoms with Gasteiger partial charge in [0.05, 0.1) is 35.8 Å². The quantitative estimate of drug-likeness (QED) is 0.516. The second kappa shape index (κ2) is 10.9. The van der Waals surface area contributed by atoms with E-state index in [0.717, 1.165) is 28.3 Å². The molecule has 2 saturated heterocycles. The highest BCUT2D eigenvalue weighted by Crippen LogP contribution is 2.61. The van der Waals surface area contributed by atoms with Crippen LogP contribution < -0.4 is 14.5 Å². The van der Waals surface area contributed by atoms with Gasteiger partial charge < -0.3 is 24.5 Å². The Labute approximate surface area is 251 Å². The number of benzene rings is 2. The summed E-state index contributed by atoms with van der Waals surface area (Å²) in [5.74, 6) is -1.24. The number of thioether (sulfide) groups is 1. The number of hydrogen-bond acceptors (Lipinski definition) is 6. The number of aliphatic hydroxyl groups is 1. The number of rotatable bonds is 6. The average Bonchev–Trinajstić information content (AvgIpc) is 3.30. The largest absolute Gasteiger partial charge is 0.494 e. The first-order chi connectivity index (χ1) is 20.2. The van der Waals surface area contributed by atoms with Crippen molar-refractivity contribution in [3.63, 3.8) is 0 Å². The number of aryl methyl sites for hydroxylation is 2. The number of carbonyl (C=O) groups is 3. The fourth-order valence-corrected chi connectivity index (χ4v) is 9.18. The van der Waals surface area contributed by atoms with Crippen LogP contribution >= 0.6 is 11.8 Å². The summed E-state index contributed by atoms with van der Waals surface area (Å²) in [5.41, 5.74) is 3.52. The van der Waals surface area contributed by atoms with E-state index >= 15 is 0 Å². The molecule has 1 N–H and O–H groups in total. The highest BCUT2D eigenvalue weighted by atomic mass is 32.2. The Morgan fingerprint density at radius 2 is 1.67 bits per heavy atom. The summed E-state index contributed by atoms with van der Waals surface area (Å²) < 4.78 is 4.64. The number of likely N-dealkylation sites (tertiary alicyclic amines) is 1. The van der Waals surface area contributed by atoms with Crippen LogP contribution in [0.2, 0.25) is 0 Å². The number of amides is 3. The van der Waals surface area contributed by atoms with Gasteiger partial charge in [0.25, 0.3) is 5.91 Å². The second-order valence-electron chi connectivity index (χ2n) is 11.5. The molecule has 4 aliphatic rings. The first-order valence-corrected chi connectivity index (χ1v) is 15.5. The second-order valence-corrected chi connectivity index (χ2v) is 13.0. The zero-order chi connectivity index (χ0) is 29.8. The molecule has 0 saturated carbocycles. The third-order valence-electron chi connectivity index (χ3n) is 9.00. The first kappa shape index (κ1) is 28.6. The summed E-state index contributed by atoms with van der Waals surface area (Å²) in [4.78, 5) is 48.5. The highest BCUT2D eigenvalue weighted by Gasteiger charge is 2.71. The SMILES string of the molecule is CCOc1ccc(N2CC=C[C@H]3S[C@]45C=CCN(c6c(C)cccc6C)C(=O)C4N([C@H](C)CO)C(=O)[C@@H]5[C@H]3C2=O)cc1. The molecule has 2 aromatic carbocycles. The first-order valence-electron chi connectivity index (χ1n) is 14.6. The van der Waals surface area contributed by atoms with Gasteiger partial charge in [-0.15, -0.1) is 11.8 Å². The number of hydrogen-bond donors (Lipinski definition) is 1. The van der Waals surface area contributed by atoms with Crippen molar-refractivity contribution in [2.75, 3.05) is 36.1 Å². The van der Waals surface area contributed by atoms with Gasteiger partial charge in [0.15, 0.2) is 0 Å². The monoisotopic (exact) mass is 587 g/mol. The fraction of sp³-hybridized carbons (Fsp3) is 0.424. The summed E-state index contributed by atoms with van der Waals surface area (Å²) in [7, 11) is 0. The molecule has 0 bridgehead atoms. The maximum Gasteiger partial charge on any atom is 0.251 e. The van der Waals surface area contributed by atoms with Gasteiger partial charge in [-0.3, -0.25) is 14.4 Å². The van der Waals surface area contributed by atoms with E-state index in [4.69, 9.17) is 4.74 Å². The maximum absolute atomic E-state index is 14.6. The lowest BCUT2D eigenvalue weighted by Gasteiger charge is -2.38. The molecular weight excluding hydrogens is 550 g/mol. The van der Waals surface area contributed by atoms with Gasteiger partial charge in [-0.2, -0.15) is 0 Å². The van der Waals surface area contributed by atoms with Crippen LogP contribution in [0.4, 0.5) is 11.4 Å². The Hall–Kier alpha value is -3.56. The lowest BCUT2D eigenvalue weighted by molar-refractivity contribution is -0.141. The van der Waals surface area contributed by atoms with E-state index in [1.54, 1.807) is 33.4 Å². The van der Waals surface area contributed by atoms with Crippen molar-refractivity contribution in [2.24, 2.45) is 11.8 Å². The molecular formula is C33H37N3O5S. The zero-order valence-electron chi connectivity index (χ0n) is 24.4. The lowest BCUT2D eigenvalue weighted by atomic mass is 9.78. The van der Waals surface area contributed by atoms with Crippen LogP contribution in [-0.4, -0.2) is 76.1 Å². The number of fused-ring (bicyclic) bond motifs is 2. The van der Waals surface area contributed by atoms with Gasteiger partial charge in [-0.1, -0.05) is 42.5 Å². The molecule has 6 atom stereocenters. The molecule has 3 amide bonds. The molecule has 2 aromatic rings. The molecule has 0 aliphatic carbocycles. The van der Waals surface area contributed by atoms with E-state index in [-0.39, 0.29) is 29.6 Å². The molecule has 2 fully saturated rings. The molecule has 8 nitrogen and oxygen atoms in total. The third kappa shape index (κ3) is 4.28. The minimum Gasteiger partial charge on any atom is -0.494 e. The molecule has 1 spiro atoms. The van der Waals surface area contributed by atoms with Crippen molar-refractivity contribution in [2.45, 2.75) is 49.8 Å². The van der Waals surface area contributed by atoms with Crippen molar-refractivity contribution in [3.05, 3.63) is 77.9 Å². The van der Waals surface area contributed by atoms with Gasteiger partial charge in [0, 0.05) is 29.7 Å². The molecule has 9 heteroatoms.